The molecule has 0 aromatic heterocycles. The van der Waals surface area contributed by atoms with E-state index in [-0.39, 0.29) is 17.6 Å². The van der Waals surface area contributed by atoms with E-state index in [4.69, 9.17) is 0 Å². The van der Waals surface area contributed by atoms with Crippen molar-refractivity contribution in [1.82, 2.24) is 4.90 Å². The van der Waals surface area contributed by atoms with Gasteiger partial charge in [-0.2, -0.15) is 0 Å². The molecule has 0 aliphatic heterocycles. The minimum absolute atomic E-state index is 0.205. The van der Waals surface area contributed by atoms with Crippen molar-refractivity contribution < 1.29 is 9.18 Å². The summed E-state index contributed by atoms with van der Waals surface area (Å²) >= 11 is 3.39. The van der Waals surface area contributed by atoms with Gasteiger partial charge in [0.25, 0.3) is 0 Å². The maximum absolute atomic E-state index is 13.6. The molecule has 5 heteroatoms. The topological polar surface area (TPSA) is 32.3 Å². The molecule has 1 amide bonds. The molecule has 116 valence electrons. The number of hydrogen-bond acceptors (Lipinski definition) is 2. The highest BCUT2D eigenvalue weighted by molar-refractivity contribution is 9.10. The molecule has 0 heterocycles. The Hall–Kier alpha value is -1.72. The van der Waals surface area contributed by atoms with Gasteiger partial charge in [-0.3, -0.25) is 9.69 Å². The summed E-state index contributed by atoms with van der Waals surface area (Å²) < 4.78 is 14.6. The number of carbonyl (C=O) groups is 1. The second-order valence-corrected chi connectivity index (χ2v) is 6.10. The molecule has 0 saturated carbocycles. The van der Waals surface area contributed by atoms with Crippen molar-refractivity contribution in [3.63, 3.8) is 0 Å². The summed E-state index contributed by atoms with van der Waals surface area (Å²) in [5, 5.41) is 2.62. The molecule has 1 atom stereocenters. The summed E-state index contributed by atoms with van der Waals surface area (Å²) in [6.07, 6.45) is 0. The number of amides is 1. The smallest absolute Gasteiger partial charge is 0.241 e. The van der Waals surface area contributed by atoms with Crippen molar-refractivity contribution in [3.05, 3.63) is 64.4 Å². The van der Waals surface area contributed by atoms with Gasteiger partial charge in [0.1, 0.15) is 5.82 Å². The molecular weight excluding hydrogens is 347 g/mol. The van der Waals surface area contributed by atoms with Crippen LogP contribution in [-0.2, 0) is 11.3 Å². The van der Waals surface area contributed by atoms with Crippen LogP contribution in [0, 0.1) is 5.82 Å². The highest BCUT2D eigenvalue weighted by atomic mass is 79.9. The zero-order valence-electron chi connectivity index (χ0n) is 12.5. The Balaban J connectivity index is 1.97. The van der Waals surface area contributed by atoms with Crippen LogP contribution in [0.25, 0.3) is 0 Å². The maximum Gasteiger partial charge on any atom is 0.241 e. The van der Waals surface area contributed by atoms with Crippen LogP contribution in [0.15, 0.2) is 53.0 Å². The van der Waals surface area contributed by atoms with Gasteiger partial charge < -0.3 is 5.32 Å². The first-order chi connectivity index (χ1) is 10.5. The van der Waals surface area contributed by atoms with Crippen molar-refractivity contribution in [2.45, 2.75) is 19.5 Å². The fraction of sp³-hybridized carbons (Fsp3) is 0.235. The zero-order valence-corrected chi connectivity index (χ0v) is 14.1. The fourth-order valence-corrected chi connectivity index (χ4v) is 2.28. The number of rotatable bonds is 5. The van der Waals surface area contributed by atoms with E-state index in [2.05, 4.69) is 21.2 Å². The molecule has 2 aromatic carbocycles. The summed E-state index contributed by atoms with van der Waals surface area (Å²) in [6, 6.07) is 13.7. The van der Waals surface area contributed by atoms with E-state index in [9.17, 15) is 9.18 Å². The lowest BCUT2D eigenvalue weighted by atomic mass is 10.2. The van der Waals surface area contributed by atoms with Crippen molar-refractivity contribution in [2.75, 3.05) is 12.4 Å². The summed E-state index contributed by atoms with van der Waals surface area (Å²) in [4.78, 5) is 14.1. The highest BCUT2D eigenvalue weighted by Gasteiger charge is 2.19. The van der Waals surface area contributed by atoms with Crippen LogP contribution in [0.4, 0.5) is 10.1 Å². The Bertz CT molecular complexity index is 645. The van der Waals surface area contributed by atoms with Gasteiger partial charge >= 0.3 is 0 Å². The second-order valence-electron chi connectivity index (χ2n) is 5.19. The van der Waals surface area contributed by atoms with Gasteiger partial charge in [-0.15, -0.1) is 0 Å². The number of nitrogens with zero attached hydrogens (tertiary/aromatic N) is 1. The van der Waals surface area contributed by atoms with Gasteiger partial charge in [0, 0.05) is 11.0 Å². The largest absolute Gasteiger partial charge is 0.322 e. The number of carbonyl (C=O) groups excluding carboxylic acids is 1. The predicted molar refractivity (Wildman–Crippen MR) is 90.1 cm³/mol. The van der Waals surface area contributed by atoms with E-state index >= 15 is 0 Å². The van der Waals surface area contributed by atoms with Crippen LogP contribution in [0.3, 0.4) is 0 Å². The quantitative estimate of drug-likeness (QED) is 0.867. The number of benzene rings is 2. The molecule has 1 N–H and O–H groups in total. The molecule has 2 rings (SSSR count). The van der Waals surface area contributed by atoms with Crippen LogP contribution in [0.2, 0.25) is 0 Å². The lowest BCUT2D eigenvalue weighted by Crippen LogP contribution is -2.39. The van der Waals surface area contributed by atoms with Crippen molar-refractivity contribution >= 4 is 27.5 Å². The Morgan fingerprint density at radius 2 is 1.86 bits per heavy atom. The molecule has 22 heavy (non-hydrogen) atoms. The van der Waals surface area contributed by atoms with Crippen LogP contribution in [0.5, 0.6) is 0 Å². The van der Waals surface area contributed by atoms with Crippen LogP contribution < -0.4 is 5.32 Å². The molecule has 0 saturated heterocycles. The summed E-state index contributed by atoms with van der Waals surface area (Å²) in [5.41, 5.74) is 1.31. The SMILES string of the molecule is C[C@@H](C(=O)Nc1ccccc1F)N(C)Cc1ccc(Br)cc1. The molecule has 2 aromatic rings. The molecule has 0 spiro atoms. The van der Waals surface area contributed by atoms with Gasteiger partial charge in [-0.05, 0) is 43.8 Å². The predicted octanol–water partition coefficient (Wildman–Crippen LogP) is 4.05. The van der Waals surface area contributed by atoms with E-state index in [0.717, 1.165) is 10.0 Å². The molecule has 0 aliphatic rings. The fourth-order valence-electron chi connectivity index (χ4n) is 2.01. The first-order valence-electron chi connectivity index (χ1n) is 6.97. The molecule has 0 fully saturated rings. The number of para-hydroxylation sites is 1. The monoisotopic (exact) mass is 364 g/mol. The average Bonchev–Trinajstić information content (AvgIpc) is 2.51. The van der Waals surface area contributed by atoms with Crippen LogP contribution in [0.1, 0.15) is 12.5 Å². The molecule has 3 nitrogen and oxygen atoms in total. The van der Waals surface area contributed by atoms with E-state index in [1.165, 1.54) is 6.07 Å². The molecule has 0 bridgehead atoms. The van der Waals surface area contributed by atoms with Crippen molar-refractivity contribution in [3.8, 4) is 0 Å². The number of hydrogen-bond donors (Lipinski definition) is 1. The Morgan fingerprint density at radius 1 is 1.23 bits per heavy atom. The number of nitrogens with one attached hydrogen (secondary N) is 1. The van der Waals surface area contributed by atoms with E-state index in [1.807, 2.05) is 36.2 Å². The van der Waals surface area contributed by atoms with Gasteiger partial charge in [0.15, 0.2) is 0 Å². The minimum Gasteiger partial charge on any atom is -0.322 e. The van der Waals surface area contributed by atoms with Crippen LogP contribution in [-0.4, -0.2) is 23.9 Å². The molecular formula is C17H18BrFN2O. The average molecular weight is 365 g/mol. The highest BCUT2D eigenvalue weighted by Crippen LogP contribution is 2.15. The van der Waals surface area contributed by atoms with E-state index in [0.29, 0.717) is 6.54 Å². The summed E-state index contributed by atoms with van der Waals surface area (Å²) in [5.74, 6) is -0.664. The third-order valence-electron chi connectivity index (χ3n) is 3.52. The van der Waals surface area contributed by atoms with Gasteiger partial charge in [0.05, 0.1) is 11.7 Å². The van der Waals surface area contributed by atoms with Crippen LogP contribution >= 0.6 is 15.9 Å². The summed E-state index contributed by atoms with van der Waals surface area (Å²) in [6.45, 7) is 2.44. The molecule has 0 unspecified atom stereocenters. The normalized spacial score (nSPS) is 12.2. The Labute approximate surface area is 138 Å². The van der Waals surface area contributed by atoms with Gasteiger partial charge in [0.2, 0.25) is 5.91 Å². The Morgan fingerprint density at radius 3 is 2.50 bits per heavy atom. The lowest BCUT2D eigenvalue weighted by molar-refractivity contribution is -0.120. The first-order valence-corrected chi connectivity index (χ1v) is 7.77. The standard InChI is InChI=1S/C17H18BrFN2O/c1-12(17(22)20-16-6-4-3-5-15(16)19)21(2)11-13-7-9-14(18)10-8-13/h3-10,12H,11H2,1-2H3,(H,20,22)/t12-/m0/s1. The number of halogens is 2. The molecule has 0 aliphatic carbocycles. The Kier molecular flexibility index (Phi) is 5.69. The van der Waals surface area contributed by atoms with Gasteiger partial charge in [-0.25, -0.2) is 4.39 Å². The van der Waals surface area contributed by atoms with Crippen molar-refractivity contribution in [1.29, 1.82) is 0 Å². The minimum atomic E-state index is -0.432. The zero-order chi connectivity index (χ0) is 16.1. The summed E-state index contributed by atoms with van der Waals surface area (Å²) in [7, 11) is 1.87. The number of likely N-dealkylation sites (N-methyl/N-ethyl adjacent to an activating group) is 1. The van der Waals surface area contributed by atoms with Gasteiger partial charge in [-0.1, -0.05) is 40.2 Å². The van der Waals surface area contributed by atoms with E-state index in [1.54, 1.807) is 25.1 Å². The van der Waals surface area contributed by atoms with Crippen molar-refractivity contribution in [2.24, 2.45) is 0 Å². The third kappa shape index (κ3) is 4.39. The third-order valence-corrected chi connectivity index (χ3v) is 4.05. The maximum atomic E-state index is 13.6. The lowest BCUT2D eigenvalue weighted by Gasteiger charge is -2.24. The number of anilines is 1. The molecule has 0 radical (unpaired) electrons. The first kappa shape index (κ1) is 16.6. The second kappa shape index (κ2) is 7.51. The van der Waals surface area contributed by atoms with E-state index < -0.39 is 5.82 Å².